The summed E-state index contributed by atoms with van der Waals surface area (Å²) in [5.74, 6) is -0.679. The van der Waals surface area contributed by atoms with Crippen LogP contribution in [0.4, 0.5) is 5.69 Å². The molecule has 32 heavy (non-hydrogen) atoms. The van der Waals surface area contributed by atoms with Crippen LogP contribution in [0.15, 0.2) is 83.7 Å². The lowest BCUT2D eigenvalue weighted by Crippen LogP contribution is -2.26. The average molecular weight is 426 g/mol. The largest absolute Gasteiger partial charge is 0.352 e. The number of anilines is 1. The van der Waals surface area contributed by atoms with Crippen LogP contribution in [-0.4, -0.2) is 28.1 Å². The Morgan fingerprint density at radius 1 is 0.875 bits per heavy atom. The average Bonchev–Trinajstić information content (AvgIpc) is 2.83. The topological polar surface area (TPSA) is 93.1 Å². The zero-order valence-corrected chi connectivity index (χ0v) is 17.5. The van der Waals surface area contributed by atoms with E-state index in [0.717, 1.165) is 6.42 Å². The van der Waals surface area contributed by atoms with Gasteiger partial charge in [-0.15, -0.1) is 0 Å². The lowest BCUT2D eigenvalue weighted by molar-refractivity contribution is 0.0952. The Hall–Kier alpha value is -4.26. The highest BCUT2D eigenvalue weighted by molar-refractivity contribution is 6.11. The fourth-order valence-corrected chi connectivity index (χ4v) is 3.37. The standard InChI is InChI=1S/C25H22N4O3/c1-2-15-26-23(30)17-9-8-10-18(16-17)27-24(31)22-20-13-6-7-14-21(20)25(32)29(28-22)19-11-4-3-5-12-19/h3-14,16H,2,15H2,1H3,(H,26,30)(H,27,31). The first kappa shape index (κ1) is 21.0. The summed E-state index contributed by atoms with van der Waals surface area (Å²) in [5.41, 5.74) is 1.28. The highest BCUT2D eigenvalue weighted by Gasteiger charge is 2.18. The van der Waals surface area contributed by atoms with Gasteiger partial charge >= 0.3 is 0 Å². The van der Waals surface area contributed by atoms with Gasteiger partial charge in [0.25, 0.3) is 17.4 Å². The molecule has 160 valence electrons. The van der Waals surface area contributed by atoms with E-state index in [2.05, 4.69) is 15.7 Å². The van der Waals surface area contributed by atoms with Gasteiger partial charge in [-0.05, 0) is 42.8 Å². The quantitative estimate of drug-likeness (QED) is 0.491. The van der Waals surface area contributed by atoms with Crippen LogP contribution >= 0.6 is 0 Å². The van der Waals surface area contributed by atoms with E-state index >= 15 is 0 Å². The van der Waals surface area contributed by atoms with Crippen LogP contribution in [0.1, 0.15) is 34.2 Å². The van der Waals surface area contributed by atoms with Gasteiger partial charge in [-0.1, -0.05) is 49.4 Å². The predicted molar refractivity (Wildman–Crippen MR) is 124 cm³/mol. The SMILES string of the molecule is CCCNC(=O)c1cccc(NC(=O)c2nn(-c3ccccc3)c(=O)c3ccccc23)c1. The molecule has 4 rings (SSSR count). The molecular weight excluding hydrogens is 404 g/mol. The van der Waals surface area contributed by atoms with Crippen molar-refractivity contribution in [2.24, 2.45) is 0 Å². The molecule has 2 amide bonds. The molecule has 2 N–H and O–H groups in total. The molecule has 0 fully saturated rings. The minimum absolute atomic E-state index is 0.116. The summed E-state index contributed by atoms with van der Waals surface area (Å²) in [6, 6.07) is 22.5. The van der Waals surface area contributed by atoms with Crippen molar-refractivity contribution in [2.45, 2.75) is 13.3 Å². The van der Waals surface area contributed by atoms with Gasteiger partial charge < -0.3 is 10.6 Å². The number of hydrogen-bond donors (Lipinski definition) is 2. The van der Waals surface area contributed by atoms with Crippen molar-refractivity contribution in [3.63, 3.8) is 0 Å². The number of nitrogens with zero attached hydrogens (tertiary/aromatic N) is 2. The first-order valence-corrected chi connectivity index (χ1v) is 10.4. The molecule has 0 atom stereocenters. The maximum absolute atomic E-state index is 13.2. The van der Waals surface area contributed by atoms with Crippen molar-refractivity contribution >= 4 is 28.3 Å². The molecule has 0 unspecified atom stereocenters. The van der Waals surface area contributed by atoms with E-state index < -0.39 is 5.91 Å². The minimum atomic E-state index is -0.475. The summed E-state index contributed by atoms with van der Waals surface area (Å²) in [6.45, 7) is 2.55. The second-order valence-electron chi connectivity index (χ2n) is 7.24. The smallest absolute Gasteiger partial charge is 0.279 e. The summed E-state index contributed by atoms with van der Waals surface area (Å²) in [6.07, 6.45) is 0.831. The number of fused-ring (bicyclic) bond motifs is 1. The molecule has 1 aromatic heterocycles. The number of aromatic nitrogens is 2. The number of rotatable bonds is 6. The number of hydrogen-bond acceptors (Lipinski definition) is 4. The summed E-state index contributed by atoms with van der Waals surface area (Å²) in [5, 5.41) is 10.8. The Balaban J connectivity index is 1.72. The van der Waals surface area contributed by atoms with Crippen LogP contribution in [0, 0.1) is 0 Å². The Labute approximate surface area is 184 Å². The number of para-hydroxylation sites is 1. The zero-order chi connectivity index (χ0) is 22.5. The zero-order valence-electron chi connectivity index (χ0n) is 17.5. The molecule has 7 nitrogen and oxygen atoms in total. The first-order valence-electron chi connectivity index (χ1n) is 10.4. The van der Waals surface area contributed by atoms with E-state index in [1.807, 2.05) is 13.0 Å². The van der Waals surface area contributed by atoms with E-state index in [1.165, 1.54) is 4.68 Å². The lowest BCUT2D eigenvalue weighted by Gasteiger charge is -2.12. The van der Waals surface area contributed by atoms with E-state index in [1.54, 1.807) is 72.8 Å². The molecule has 0 radical (unpaired) electrons. The third-order valence-corrected chi connectivity index (χ3v) is 4.94. The Morgan fingerprint density at radius 2 is 1.59 bits per heavy atom. The van der Waals surface area contributed by atoms with E-state index in [0.29, 0.717) is 34.3 Å². The van der Waals surface area contributed by atoms with Gasteiger partial charge in [-0.3, -0.25) is 14.4 Å². The van der Waals surface area contributed by atoms with Crippen LogP contribution in [0.5, 0.6) is 0 Å². The molecule has 0 aliphatic carbocycles. The Morgan fingerprint density at radius 3 is 2.34 bits per heavy atom. The minimum Gasteiger partial charge on any atom is -0.352 e. The maximum Gasteiger partial charge on any atom is 0.279 e. The van der Waals surface area contributed by atoms with Crippen LogP contribution in [0.2, 0.25) is 0 Å². The van der Waals surface area contributed by atoms with Gasteiger partial charge in [0.2, 0.25) is 0 Å². The molecule has 0 aliphatic heterocycles. The summed E-state index contributed by atoms with van der Waals surface area (Å²) >= 11 is 0. The van der Waals surface area contributed by atoms with Crippen molar-refractivity contribution in [2.75, 3.05) is 11.9 Å². The third kappa shape index (κ3) is 4.27. The van der Waals surface area contributed by atoms with E-state index in [9.17, 15) is 14.4 Å². The number of benzene rings is 3. The van der Waals surface area contributed by atoms with E-state index in [-0.39, 0.29) is 17.2 Å². The molecule has 0 saturated heterocycles. The van der Waals surface area contributed by atoms with Gasteiger partial charge in [0.05, 0.1) is 11.1 Å². The highest BCUT2D eigenvalue weighted by atomic mass is 16.2. The summed E-state index contributed by atoms with van der Waals surface area (Å²) in [4.78, 5) is 38.4. The molecule has 4 aromatic rings. The molecule has 0 saturated carbocycles. The van der Waals surface area contributed by atoms with Crippen LogP contribution in [0.25, 0.3) is 16.5 Å². The second kappa shape index (κ2) is 9.26. The summed E-state index contributed by atoms with van der Waals surface area (Å²) in [7, 11) is 0. The van der Waals surface area contributed by atoms with Gasteiger partial charge in [0.15, 0.2) is 5.69 Å². The fourth-order valence-electron chi connectivity index (χ4n) is 3.37. The van der Waals surface area contributed by atoms with Crippen LogP contribution in [0.3, 0.4) is 0 Å². The lowest BCUT2D eigenvalue weighted by atomic mass is 10.1. The maximum atomic E-state index is 13.2. The first-order chi connectivity index (χ1) is 15.6. The molecule has 7 heteroatoms. The van der Waals surface area contributed by atoms with Crippen LogP contribution < -0.4 is 16.2 Å². The third-order valence-electron chi connectivity index (χ3n) is 4.94. The monoisotopic (exact) mass is 426 g/mol. The van der Waals surface area contributed by atoms with Gasteiger partial charge in [-0.2, -0.15) is 9.78 Å². The van der Waals surface area contributed by atoms with Crippen molar-refractivity contribution in [3.05, 3.63) is 100 Å². The van der Waals surface area contributed by atoms with Crippen LogP contribution in [-0.2, 0) is 0 Å². The Bertz CT molecular complexity index is 1350. The van der Waals surface area contributed by atoms with Crippen molar-refractivity contribution in [1.82, 2.24) is 15.1 Å². The number of carbonyl (C=O) groups excluding carboxylic acids is 2. The molecule has 1 heterocycles. The van der Waals surface area contributed by atoms with Gasteiger partial charge in [-0.25, -0.2) is 0 Å². The molecule has 0 aliphatic rings. The fraction of sp³-hybridized carbons (Fsp3) is 0.120. The normalized spacial score (nSPS) is 10.7. The number of nitrogens with one attached hydrogen (secondary N) is 2. The Kier molecular flexibility index (Phi) is 6.07. The predicted octanol–water partition coefficient (Wildman–Crippen LogP) is 3.78. The summed E-state index contributed by atoms with van der Waals surface area (Å²) < 4.78 is 1.23. The second-order valence-corrected chi connectivity index (χ2v) is 7.24. The van der Waals surface area contributed by atoms with Gasteiger partial charge in [0, 0.05) is 23.2 Å². The molecule has 0 spiro atoms. The number of carbonyl (C=O) groups is 2. The van der Waals surface area contributed by atoms with Crippen molar-refractivity contribution in [1.29, 1.82) is 0 Å². The molecular formula is C25H22N4O3. The molecule has 0 bridgehead atoms. The molecule has 3 aromatic carbocycles. The highest BCUT2D eigenvalue weighted by Crippen LogP contribution is 2.18. The van der Waals surface area contributed by atoms with Crippen molar-refractivity contribution < 1.29 is 9.59 Å². The van der Waals surface area contributed by atoms with Gasteiger partial charge in [0.1, 0.15) is 0 Å². The van der Waals surface area contributed by atoms with E-state index in [4.69, 9.17) is 0 Å². The van der Waals surface area contributed by atoms with Crippen molar-refractivity contribution in [3.8, 4) is 5.69 Å². The number of amides is 2.